The van der Waals surface area contributed by atoms with E-state index in [9.17, 15) is 4.79 Å². The molecule has 1 saturated heterocycles. The van der Waals surface area contributed by atoms with Crippen molar-refractivity contribution in [2.45, 2.75) is 24.8 Å². The topological polar surface area (TPSA) is 46.3 Å². The second-order valence-corrected chi connectivity index (χ2v) is 4.60. The third-order valence-electron chi connectivity index (χ3n) is 3.14. The molecule has 0 amide bonds. The Morgan fingerprint density at radius 2 is 2.31 bits per heavy atom. The van der Waals surface area contributed by atoms with Crippen LogP contribution in [0.2, 0.25) is 5.02 Å². The van der Waals surface area contributed by atoms with Crippen molar-refractivity contribution in [3.8, 4) is 0 Å². The molecule has 1 aromatic carbocycles. The number of hydrogen-bond acceptors (Lipinski definition) is 3. The third-order valence-corrected chi connectivity index (χ3v) is 3.38. The van der Waals surface area contributed by atoms with Crippen molar-refractivity contribution in [1.29, 1.82) is 0 Å². The van der Waals surface area contributed by atoms with Crippen LogP contribution in [-0.2, 0) is 4.79 Å². The lowest BCUT2D eigenvalue weighted by Gasteiger charge is -2.35. The van der Waals surface area contributed by atoms with E-state index in [-0.39, 0.29) is 12.0 Å². The molecule has 2 N–H and O–H groups in total. The van der Waals surface area contributed by atoms with E-state index in [2.05, 4.69) is 0 Å². The predicted molar refractivity (Wildman–Crippen MR) is 64.2 cm³/mol. The number of nitrogens with two attached hydrogens (primary N) is 1. The van der Waals surface area contributed by atoms with Gasteiger partial charge in [0.25, 0.3) is 0 Å². The summed E-state index contributed by atoms with van der Waals surface area (Å²) in [5.74, 6) is 5.99. The van der Waals surface area contributed by atoms with E-state index in [1.807, 2.05) is 24.3 Å². The Hall–Kier alpha value is -0.900. The maximum absolute atomic E-state index is 11.1. The summed E-state index contributed by atoms with van der Waals surface area (Å²) in [6.07, 6.45) is 2.93. The van der Waals surface area contributed by atoms with Gasteiger partial charge < -0.3 is 4.79 Å². The first-order valence-electron chi connectivity index (χ1n) is 5.44. The highest BCUT2D eigenvalue weighted by atomic mass is 35.5. The smallest absolute Gasteiger partial charge is 0.139 e. The molecular formula is C12H15ClN2O. The zero-order valence-electron chi connectivity index (χ0n) is 8.97. The zero-order valence-corrected chi connectivity index (χ0v) is 9.73. The summed E-state index contributed by atoms with van der Waals surface area (Å²) in [6, 6.07) is 7.44. The van der Waals surface area contributed by atoms with Crippen molar-refractivity contribution in [2.24, 2.45) is 5.84 Å². The summed E-state index contributed by atoms with van der Waals surface area (Å²) in [5, 5.41) is 2.33. The van der Waals surface area contributed by atoms with E-state index in [0.717, 1.165) is 31.2 Å². The van der Waals surface area contributed by atoms with Crippen molar-refractivity contribution >= 4 is 17.9 Å². The van der Waals surface area contributed by atoms with Crippen LogP contribution in [0.25, 0.3) is 0 Å². The first-order chi connectivity index (χ1) is 7.72. The molecule has 1 aromatic rings. The molecule has 0 saturated carbocycles. The standard InChI is InChI=1S/C12H15ClN2O/c13-10-4-1-3-9(7-10)11-5-2-6-15(14)12(11)8-16/h1,3-4,7-8,11-12H,2,5-6,14H2. The van der Waals surface area contributed by atoms with Crippen molar-refractivity contribution < 1.29 is 4.79 Å². The number of benzene rings is 1. The fourth-order valence-electron chi connectivity index (χ4n) is 2.32. The molecule has 16 heavy (non-hydrogen) atoms. The summed E-state index contributed by atoms with van der Waals surface area (Å²) < 4.78 is 0. The van der Waals surface area contributed by atoms with Gasteiger partial charge in [-0.25, -0.2) is 5.01 Å². The van der Waals surface area contributed by atoms with Gasteiger partial charge in [0.1, 0.15) is 6.29 Å². The van der Waals surface area contributed by atoms with Crippen LogP contribution in [0.4, 0.5) is 0 Å². The number of rotatable bonds is 2. The van der Waals surface area contributed by atoms with E-state index in [1.54, 1.807) is 5.01 Å². The molecule has 4 heteroatoms. The molecule has 1 heterocycles. The number of piperidine rings is 1. The molecule has 0 radical (unpaired) electrons. The summed E-state index contributed by atoms with van der Waals surface area (Å²) in [4.78, 5) is 11.1. The Bertz CT molecular complexity index is 383. The molecule has 0 aromatic heterocycles. The summed E-state index contributed by atoms with van der Waals surface area (Å²) in [6.45, 7) is 0.778. The van der Waals surface area contributed by atoms with Gasteiger partial charge in [-0.3, -0.25) is 5.84 Å². The molecule has 2 unspecified atom stereocenters. The van der Waals surface area contributed by atoms with Crippen LogP contribution in [0.15, 0.2) is 24.3 Å². The molecule has 2 rings (SSSR count). The molecular weight excluding hydrogens is 224 g/mol. The Labute approximate surface area is 100 Å². The highest BCUT2D eigenvalue weighted by Crippen LogP contribution is 2.31. The largest absolute Gasteiger partial charge is 0.302 e. The highest BCUT2D eigenvalue weighted by molar-refractivity contribution is 6.30. The lowest BCUT2D eigenvalue weighted by Crippen LogP contribution is -2.49. The molecule has 0 aliphatic carbocycles. The summed E-state index contributed by atoms with van der Waals surface area (Å²) in [5.41, 5.74) is 1.10. The van der Waals surface area contributed by atoms with E-state index >= 15 is 0 Å². The molecule has 0 bridgehead atoms. The zero-order chi connectivity index (χ0) is 11.5. The van der Waals surface area contributed by atoms with Crippen LogP contribution in [0, 0.1) is 0 Å². The Kier molecular flexibility index (Phi) is 3.59. The van der Waals surface area contributed by atoms with Gasteiger partial charge >= 0.3 is 0 Å². The van der Waals surface area contributed by atoms with Crippen molar-refractivity contribution in [1.82, 2.24) is 5.01 Å². The molecule has 86 valence electrons. The molecule has 1 fully saturated rings. The number of hydrazine groups is 1. The van der Waals surface area contributed by atoms with Crippen LogP contribution in [0.1, 0.15) is 24.3 Å². The monoisotopic (exact) mass is 238 g/mol. The normalized spacial score (nSPS) is 26.6. The van der Waals surface area contributed by atoms with Gasteiger partial charge in [-0.15, -0.1) is 0 Å². The number of aldehydes is 1. The van der Waals surface area contributed by atoms with Crippen molar-refractivity contribution in [3.63, 3.8) is 0 Å². The Morgan fingerprint density at radius 3 is 3.00 bits per heavy atom. The average molecular weight is 239 g/mol. The molecule has 0 spiro atoms. The highest BCUT2D eigenvalue weighted by Gasteiger charge is 2.30. The van der Waals surface area contributed by atoms with Crippen molar-refractivity contribution in [3.05, 3.63) is 34.9 Å². The fourth-order valence-corrected chi connectivity index (χ4v) is 2.52. The average Bonchev–Trinajstić information content (AvgIpc) is 2.28. The number of hydrogen-bond donors (Lipinski definition) is 1. The minimum absolute atomic E-state index is 0.162. The number of halogens is 1. The predicted octanol–water partition coefficient (Wildman–Crippen LogP) is 1.96. The van der Waals surface area contributed by atoms with Gasteiger partial charge in [0.2, 0.25) is 0 Å². The second-order valence-electron chi connectivity index (χ2n) is 4.17. The molecule has 1 aliphatic rings. The Morgan fingerprint density at radius 1 is 1.50 bits per heavy atom. The molecule has 2 atom stereocenters. The van der Waals surface area contributed by atoms with Crippen LogP contribution in [0.5, 0.6) is 0 Å². The van der Waals surface area contributed by atoms with E-state index in [1.165, 1.54) is 0 Å². The van der Waals surface area contributed by atoms with Crippen LogP contribution in [-0.4, -0.2) is 23.9 Å². The minimum atomic E-state index is -0.229. The van der Waals surface area contributed by atoms with E-state index in [0.29, 0.717) is 5.02 Å². The van der Waals surface area contributed by atoms with Gasteiger partial charge in [0, 0.05) is 17.5 Å². The molecule has 3 nitrogen and oxygen atoms in total. The first-order valence-corrected chi connectivity index (χ1v) is 5.82. The fraction of sp³-hybridized carbons (Fsp3) is 0.417. The first kappa shape index (κ1) is 11.6. The van der Waals surface area contributed by atoms with Gasteiger partial charge in [-0.05, 0) is 30.5 Å². The van der Waals surface area contributed by atoms with Crippen LogP contribution in [0.3, 0.4) is 0 Å². The maximum atomic E-state index is 11.1. The van der Waals surface area contributed by atoms with Gasteiger partial charge in [0.05, 0.1) is 6.04 Å². The quantitative estimate of drug-likeness (QED) is 0.633. The van der Waals surface area contributed by atoms with E-state index < -0.39 is 0 Å². The summed E-state index contributed by atoms with van der Waals surface area (Å²) in [7, 11) is 0. The van der Waals surface area contributed by atoms with Crippen LogP contribution >= 0.6 is 11.6 Å². The maximum Gasteiger partial charge on any atom is 0.139 e. The Balaban J connectivity index is 2.27. The van der Waals surface area contributed by atoms with Gasteiger partial charge in [-0.1, -0.05) is 23.7 Å². The molecule has 1 aliphatic heterocycles. The number of carbonyl (C=O) groups is 1. The third kappa shape index (κ3) is 2.26. The van der Waals surface area contributed by atoms with Crippen LogP contribution < -0.4 is 5.84 Å². The minimum Gasteiger partial charge on any atom is -0.302 e. The van der Waals surface area contributed by atoms with Gasteiger partial charge in [-0.2, -0.15) is 0 Å². The number of carbonyl (C=O) groups excluding carboxylic acids is 1. The lowest BCUT2D eigenvalue weighted by atomic mass is 9.85. The number of nitrogens with zero attached hydrogens (tertiary/aromatic N) is 1. The SMILES string of the molecule is NN1CCCC(c2cccc(Cl)c2)C1C=O. The van der Waals surface area contributed by atoms with Crippen molar-refractivity contribution in [2.75, 3.05) is 6.54 Å². The second kappa shape index (κ2) is 4.95. The van der Waals surface area contributed by atoms with Gasteiger partial charge in [0.15, 0.2) is 0 Å². The summed E-state index contributed by atoms with van der Waals surface area (Å²) >= 11 is 5.96. The van der Waals surface area contributed by atoms with E-state index in [4.69, 9.17) is 17.4 Å². The lowest BCUT2D eigenvalue weighted by molar-refractivity contribution is -0.114.